The monoisotopic (exact) mass is 343 g/mol. The van der Waals surface area contributed by atoms with Gasteiger partial charge in [0, 0.05) is 31.6 Å². The van der Waals surface area contributed by atoms with E-state index in [4.69, 9.17) is 10.5 Å². The highest BCUT2D eigenvalue weighted by Crippen LogP contribution is 2.20. The number of morpholine rings is 1. The second-order valence-electron chi connectivity index (χ2n) is 6.14. The molecule has 1 saturated heterocycles. The summed E-state index contributed by atoms with van der Waals surface area (Å²) < 4.78 is 5.75. The third kappa shape index (κ3) is 8.21. The molecular formula is C14H31Cl2N3O2. The molecule has 5 nitrogen and oxygen atoms in total. The number of carbonyl (C=O) groups excluding carboxylic acids is 1. The molecule has 3 N–H and O–H groups in total. The smallest absolute Gasteiger partial charge is 0.220 e. The first-order valence-corrected chi connectivity index (χ1v) is 7.22. The molecule has 0 radical (unpaired) electrons. The maximum Gasteiger partial charge on any atom is 0.220 e. The van der Waals surface area contributed by atoms with Gasteiger partial charge in [0.15, 0.2) is 0 Å². The number of hydrogen-bond donors (Lipinski definition) is 2. The Bertz CT molecular complexity index is 294. The molecule has 0 aromatic rings. The second kappa shape index (κ2) is 10.6. The van der Waals surface area contributed by atoms with Crippen LogP contribution >= 0.6 is 24.8 Å². The minimum atomic E-state index is -0.0509. The predicted octanol–water partition coefficient (Wildman–Crippen LogP) is 1.57. The van der Waals surface area contributed by atoms with Crippen LogP contribution in [-0.2, 0) is 9.53 Å². The maximum atomic E-state index is 11.7. The number of nitrogens with two attached hydrogens (primary N) is 1. The normalized spacial score (nSPS) is 22.9. The first-order valence-electron chi connectivity index (χ1n) is 7.22. The van der Waals surface area contributed by atoms with Crippen LogP contribution in [0.1, 0.15) is 40.5 Å². The van der Waals surface area contributed by atoms with Gasteiger partial charge in [-0.3, -0.25) is 9.69 Å². The summed E-state index contributed by atoms with van der Waals surface area (Å²) in [5.41, 5.74) is 5.35. The number of ether oxygens (including phenoxy) is 1. The average molecular weight is 344 g/mol. The molecule has 128 valence electrons. The van der Waals surface area contributed by atoms with Gasteiger partial charge in [0.25, 0.3) is 0 Å². The average Bonchev–Trinajstić information content (AvgIpc) is 2.32. The molecule has 2 atom stereocenters. The Kier molecular flexibility index (Phi) is 11.7. The molecule has 1 aliphatic heterocycles. The van der Waals surface area contributed by atoms with Crippen molar-refractivity contribution in [3.8, 4) is 0 Å². The van der Waals surface area contributed by atoms with Crippen molar-refractivity contribution in [2.45, 2.75) is 58.3 Å². The van der Waals surface area contributed by atoms with E-state index >= 15 is 0 Å². The van der Waals surface area contributed by atoms with E-state index in [-0.39, 0.29) is 48.5 Å². The maximum absolute atomic E-state index is 11.7. The summed E-state index contributed by atoms with van der Waals surface area (Å²) >= 11 is 0. The summed E-state index contributed by atoms with van der Waals surface area (Å²) in [4.78, 5) is 14.0. The van der Waals surface area contributed by atoms with Crippen LogP contribution in [0.3, 0.4) is 0 Å². The van der Waals surface area contributed by atoms with Crippen molar-refractivity contribution < 1.29 is 9.53 Å². The van der Waals surface area contributed by atoms with E-state index in [1.807, 2.05) is 0 Å². The Balaban J connectivity index is 0. The highest BCUT2D eigenvalue weighted by molar-refractivity contribution is 5.85. The number of carbonyl (C=O) groups is 1. The Hall–Kier alpha value is -0.0700. The molecule has 1 fully saturated rings. The number of hydrogen-bond acceptors (Lipinski definition) is 4. The number of rotatable bonds is 6. The van der Waals surface area contributed by atoms with Gasteiger partial charge >= 0.3 is 0 Å². The molecule has 0 aliphatic carbocycles. The quantitative estimate of drug-likeness (QED) is 0.768. The Morgan fingerprint density at radius 1 is 1.29 bits per heavy atom. The van der Waals surface area contributed by atoms with Crippen molar-refractivity contribution in [3.05, 3.63) is 0 Å². The zero-order valence-electron chi connectivity index (χ0n) is 13.6. The van der Waals surface area contributed by atoms with E-state index in [9.17, 15) is 4.79 Å². The van der Waals surface area contributed by atoms with Gasteiger partial charge in [0.05, 0.1) is 12.2 Å². The van der Waals surface area contributed by atoms with E-state index in [0.29, 0.717) is 19.5 Å². The van der Waals surface area contributed by atoms with Crippen molar-refractivity contribution in [2.24, 2.45) is 5.73 Å². The van der Waals surface area contributed by atoms with Gasteiger partial charge in [0.1, 0.15) is 0 Å². The Morgan fingerprint density at radius 2 is 1.81 bits per heavy atom. The van der Waals surface area contributed by atoms with Gasteiger partial charge in [-0.2, -0.15) is 0 Å². The van der Waals surface area contributed by atoms with Crippen molar-refractivity contribution in [1.82, 2.24) is 10.2 Å². The topological polar surface area (TPSA) is 67.6 Å². The van der Waals surface area contributed by atoms with E-state index in [1.165, 1.54) is 0 Å². The van der Waals surface area contributed by atoms with Gasteiger partial charge in [-0.25, -0.2) is 0 Å². The molecular weight excluding hydrogens is 313 g/mol. The van der Waals surface area contributed by atoms with Crippen LogP contribution < -0.4 is 11.1 Å². The van der Waals surface area contributed by atoms with Crippen LogP contribution in [0.4, 0.5) is 0 Å². The molecule has 0 saturated carbocycles. The number of nitrogens with one attached hydrogen (secondary N) is 1. The summed E-state index contributed by atoms with van der Waals surface area (Å²) in [7, 11) is 0. The van der Waals surface area contributed by atoms with Crippen LogP contribution in [0.2, 0.25) is 0 Å². The first-order chi connectivity index (χ1) is 8.85. The summed E-state index contributed by atoms with van der Waals surface area (Å²) in [5.74, 6) is 0.0906. The Morgan fingerprint density at radius 3 is 2.29 bits per heavy atom. The van der Waals surface area contributed by atoms with Crippen molar-refractivity contribution >= 4 is 30.7 Å². The van der Waals surface area contributed by atoms with E-state index in [2.05, 4.69) is 37.9 Å². The van der Waals surface area contributed by atoms with E-state index in [0.717, 1.165) is 19.5 Å². The largest absolute Gasteiger partial charge is 0.373 e. The molecule has 1 rings (SSSR count). The molecule has 0 aromatic carbocycles. The molecule has 1 heterocycles. The van der Waals surface area contributed by atoms with Crippen LogP contribution in [0.25, 0.3) is 0 Å². The Labute approximate surface area is 141 Å². The van der Waals surface area contributed by atoms with Gasteiger partial charge < -0.3 is 15.8 Å². The lowest BCUT2D eigenvalue weighted by atomic mass is 10.00. The fourth-order valence-corrected chi connectivity index (χ4v) is 2.45. The standard InChI is InChI=1S/C14H29N3O2.2ClH/c1-11-8-17(9-12(2)19-11)14(3,4)10-16-13(18)6-5-7-15;;/h11-12H,5-10,15H2,1-4H3,(H,16,18);2*1H. The van der Waals surface area contributed by atoms with Crippen LogP contribution in [-0.4, -0.2) is 54.7 Å². The van der Waals surface area contributed by atoms with Crippen LogP contribution in [0, 0.1) is 0 Å². The summed E-state index contributed by atoms with van der Waals surface area (Å²) in [6.45, 7) is 11.6. The summed E-state index contributed by atoms with van der Waals surface area (Å²) in [5, 5.41) is 3.01. The van der Waals surface area contributed by atoms with E-state index in [1.54, 1.807) is 0 Å². The van der Waals surface area contributed by atoms with Crippen LogP contribution in [0.5, 0.6) is 0 Å². The lowest BCUT2D eigenvalue weighted by Crippen LogP contribution is -2.58. The number of nitrogens with zero attached hydrogens (tertiary/aromatic N) is 1. The minimum absolute atomic E-state index is 0. The van der Waals surface area contributed by atoms with Crippen molar-refractivity contribution in [1.29, 1.82) is 0 Å². The third-order valence-corrected chi connectivity index (χ3v) is 3.60. The van der Waals surface area contributed by atoms with Crippen LogP contribution in [0.15, 0.2) is 0 Å². The zero-order chi connectivity index (χ0) is 14.5. The summed E-state index contributed by atoms with van der Waals surface area (Å²) in [6.07, 6.45) is 1.76. The van der Waals surface area contributed by atoms with Gasteiger partial charge in [-0.15, -0.1) is 24.8 Å². The second-order valence-corrected chi connectivity index (χ2v) is 6.14. The molecule has 0 spiro atoms. The molecule has 0 aromatic heterocycles. The molecule has 1 aliphatic rings. The molecule has 1 amide bonds. The minimum Gasteiger partial charge on any atom is -0.373 e. The van der Waals surface area contributed by atoms with Crippen molar-refractivity contribution in [2.75, 3.05) is 26.2 Å². The van der Waals surface area contributed by atoms with E-state index < -0.39 is 0 Å². The highest BCUT2D eigenvalue weighted by atomic mass is 35.5. The lowest BCUT2D eigenvalue weighted by molar-refractivity contribution is -0.123. The van der Waals surface area contributed by atoms with Crippen molar-refractivity contribution in [3.63, 3.8) is 0 Å². The lowest BCUT2D eigenvalue weighted by Gasteiger charge is -2.45. The number of halogens is 2. The zero-order valence-corrected chi connectivity index (χ0v) is 15.2. The summed E-state index contributed by atoms with van der Waals surface area (Å²) in [6, 6.07) is 0. The molecule has 7 heteroatoms. The fourth-order valence-electron chi connectivity index (χ4n) is 2.45. The predicted molar refractivity (Wildman–Crippen MR) is 91.5 cm³/mol. The van der Waals surface area contributed by atoms with Gasteiger partial charge in [-0.05, 0) is 40.7 Å². The first kappa shape index (κ1) is 23.2. The highest BCUT2D eigenvalue weighted by Gasteiger charge is 2.33. The number of amides is 1. The molecule has 0 bridgehead atoms. The van der Waals surface area contributed by atoms with Gasteiger partial charge in [-0.1, -0.05) is 0 Å². The van der Waals surface area contributed by atoms with Gasteiger partial charge in [0.2, 0.25) is 5.91 Å². The SMILES string of the molecule is CC1CN(C(C)(C)CNC(=O)CCCN)CC(C)O1.Cl.Cl. The fraction of sp³-hybridized carbons (Fsp3) is 0.929. The molecule has 21 heavy (non-hydrogen) atoms. The molecule has 2 unspecified atom stereocenters. The third-order valence-electron chi connectivity index (χ3n) is 3.60.